The number of hydrogen-bond donors (Lipinski definition) is 0. The van der Waals surface area contributed by atoms with Gasteiger partial charge in [0.25, 0.3) is 0 Å². The molecule has 0 saturated heterocycles. The van der Waals surface area contributed by atoms with Gasteiger partial charge in [-0.15, -0.1) is 0 Å². The zero-order valence-electron chi connectivity index (χ0n) is 9.10. The second kappa shape index (κ2) is 5.44. The van der Waals surface area contributed by atoms with E-state index in [2.05, 4.69) is 52.6 Å². The Morgan fingerprint density at radius 3 is 2.27 bits per heavy atom. The van der Waals surface area contributed by atoms with Crippen molar-refractivity contribution in [1.29, 1.82) is 0 Å². The highest BCUT2D eigenvalue weighted by Gasteiger charge is 2.19. The molecular formula is C12H15Br2F. The van der Waals surface area contributed by atoms with Crippen molar-refractivity contribution in [1.82, 2.24) is 0 Å². The van der Waals surface area contributed by atoms with E-state index >= 15 is 0 Å². The van der Waals surface area contributed by atoms with Gasteiger partial charge >= 0.3 is 0 Å². The number of benzene rings is 1. The second-order valence-corrected chi connectivity index (χ2v) is 6.06. The predicted octanol–water partition coefficient (Wildman–Crippen LogP) is 5.11. The van der Waals surface area contributed by atoms with Crippen LogP contribution in [0, 0.1) is 11.7 Å². The molecule has 0 heterocycles. The number of hydrogen-bond acceptors (Lipinski definition) is 0. The lowest BCUT2D eigenvalue weighted by atomic mass is 9.92. The van der Waals surface area contributed by atoms with E-state index in [1.165, 1.54) is 6.07 Å². The molecule has 0 bridgehead atoms. The number of rotatable bonds is 3. The van der Waals surface area contributed by atoms with Crippen molar-refractivity contribution in [2.24, 2.45) is 5.92 Å². The fourth-order valence-corrected chi connectivity index (χ4v) is 2.26. The van der Waals surface area contributed by atoms with Gasteiger partial charge in [-0.1, -0.05) is 42.8 Å². The molecule has 0 N–H and O–H groups in total. The Hall–Kier alpha value is 0.110. The molecule has 84 valence electrons. The largest absolute Gasteiger partial charge is 0.206 e. The molecule has 2 unspecified atom stereocenters. The molecular weight excluding hydrogens is 323 g/mol. The maximum absolute atomic E-state index is 13.1. The Balaban J connectivity index is 2.91. The van der Waals surface area contributed by atoms with Crippen molar-refractivity contribution < 1.29 is 4.39 Å². The average Bonchev–Trinajstić information content (AvgIpc) is 2.19. The molecule has 0 aromatic heterocycles. The molecule has 1 aromatic carbocycles. The van der Waals surface area contributed by atoms with Gasteiger partial charge in [-0.05, 0) is 45.5 Å². The van der Waals surface area contributed by atoms with Crippen molar-refractivity contribution >= 4 is 31.9 Å². The van der Waals surface area contributed by atoms with Crippen LogP contribution in [0.25, 0.3) is 0 Å². The summed E-state index contributed by atoms with van der Waals surface area (Å²) in [6, 6.07) is 5.22. The van der Waals surface area contributed by atoms with Crippen LogP contribution < -0.4 is 0 Å². The molecule has 0 spiro atoms. The first-order chi connectivity index (χ1) is 6.93. The lowest BCUT2D eigenvalue weighted by molar-refractivity contribution is 0.548. The van der Waals surface area contributed by atoms with Gasteiger partial charge in [-0.25, -0.2) is 4.39 Å². The zero-order valence-corrected chi connectivity index (χ0v) is 12.3. The summed E-state index contributed by atoms with van der Waals surface area (Å²) in [7, 11) is 0. The zero-order chi connectivity index (χ0) is 11.6. The SMILES string of the molecule is CC(C)C(Br)C(C)c1ccc(F)c(Br)c1. The first kappa shape index (κ1) is 13.2. The fourth-order valence-electron chi connectivity index (χ4n) is 1.56. The number of halogens is 3. The molecule has 0 aliphatic heterocycles. The summed E-state index contributed by atoms with van der Waals surface area (Å²) in [5.41, 5.74) is 1.15. The molecule has 0 aliphatic carbocycles. The van der Waals surface area contributed by atoms with Gasteiger partial charge in [0.05, 0.1) is 4.47 Å². The third-order valence-electron chi connectivity index (χ3n) is 2.58. The molecule has 0 nitrogen and oxygen atoms in total. The molecule has 1 aromatic rings. The van der Waals surface area contributed by atoms with Crippen molar-refractivity contribution in [2.75, 3.05) is 0 Å². The molecule has 0 radical (unpaired) electrons. The maximum atomic E-state index is 13.1. The smallest absolute Gasteiger partial charge is 0.137 e. The van der Waals surface area contributed by atoms with Gasteiger partial charge in [-0.3, -0.25) is 0 Å². The first-order valence-corrected chi connectivity index (χ1v) is 6.73. The normalized spacial score (nSPS) is 15.4. The monoisotopic (exact) mass is 336 g/mol. The average molecular weight is 338 g/mol. The highest BCUT2D eigenvalue weighted by molar-refractivity contribution is 9.10. The molecule has 0 amide bonds. The van der Waals surface area contributed by atoms with E-state index in [1.807, 2.05) is 12.1 Å². The predicted molar refractivity (Wildman–Crippen MR) is 70.1 cm³/mol. The van der Waals surface area contributed by atoms with E-state index in [0.717, 1.165) is 5.56 Å². The van der Waals surface area contributed by atoms with Crippen LogP contribution in [0.5, 0.6) is 0 Å². The van der Waals surface area contributed by atoms with Crippen molar-refractivity contribution in [2.45, 2.75) is 31.5 Å². The van der Waals surface area contributed by atoms with Crippen LogP contribution in [0.4, 0.5) is 4.39 Å². The Labute approximate surface area is 108 Å². The Kier molecular flexibility index (Phi) is 4.78. The highest BCUT2D eigenvalue weighted by Crippen LogP contribution is 2.31. The quantitative estimate of drug-likeness (QED) is 0.672. The maximum Gasteiger partial charge on any atom is 0.137 e. The van der Waals surface area contributed by atoms with Crippen molar-refractivity contribution in [3.8, 4) is 0 Å². The van der Waals surface area contributed by atoms with E-state index < -0.39 is 0 Å². The van der Waals surface area contributed by atoms with Crippen LogP contribution in [0.15, 0.2) is 22.7 Å². The molecule has 3 heteroatoms. The summed E-state index contributed by atoms with van der Waals surface area (Å²) < 4.78 is 13.6. The Morgan fingerprint density at radius 2 is 1.80 bits per heavy atom. The lowest BCUT2D eigenvalue weighted by Gasteiger charge is -2.22. The van der Waals surface area contributed by atoms with Gasteiger partial charge in [0.2, 0.25) is 0 Å². The van der Waals surface area contributed by atoms with Gasteiger partial charge in [0.15, 0.2) is 0 Å². The second-order valence-electron chi connectivity index (χ2n) is 4.15. The van der Waals surface area contributed by atoms with Gasteiger partial charge < -0.3 is 0 Å². The minimum atomic E-state index is -0.207. The van der Waals surface area contributed by atoms with E-state index in [4.69, 9.17) is 0 Å². The van der Waals surface area contributed by atoms with E-state index in [9.17, 15) is 4.39 Å². The molecule has 0 fully saturated rings. The Bertz CT molecular complexity index is 336. The van der Waals surface area contributed by atoms with Gasteiger partial charge in [0.1, 0.15) is 5.82 Å². The summed E-state index contributed by atoms with van der Waals surface area (Å²) in [5, 5.41) is 0. The van der Waals surface area contributed by atoms with E-state index in [1.54, 1.807) is 0 Å². The molecule has 0 saturated carbocycles. The van der Waals surface area contributed by atoms with E-state index in [-0.39, 0.29) is 5.82 Å². The number of alkyl halides is 1. The highest BCUT2D eigenvalue weighted by atomic mass is 79.9. The first-order valence-electron chi connectivity index (χ1n) is 5.02. The fraction of sp³-hybridized carbons (Fsp3) is 0.500. The summed E-state index contributed by atoms with van der Waals surface area (Å²) in [6.07, 6.45) is 0. The van der Waals surface area contributed by atoms with Gasteiger partial charge in [0, 0.05) is 4.83 Å². The summed E-state index contributed by atoms with van der Waals surface area (Å²) in [6.45, 7) is 6.50. The summed E-state index contributed by atoms with van der Waals surface area (Å²) in [5.74, 6) is 0.729. The minimum Gasteiger partial charge on any atom is -0.206 e. The van der Waals surface area contributed by atoms with Crippen LogP contribution in [0.1, 0.15) is 32.3 Å². The topological polar surface area (TPSA) is 0 Å². The lowest BCUT2D eigenvalue weighted by Crippen LogP contribution is -2.15. The third-order valence-corrected chi connectivity index (χ3v) is 5.04. The molecule has 15 heavy (non-hydrogen) atoms. The summed E-state index contributed by atoms with van der Waals surface area (Å²) >= 11 is 6.89. The molecule has 0 aliphatic rings. The standard InChI is InChI=1S/C12H15Br2F/c1-7(2)12(14)8(3)9-4-5-11(15)10(13)6-9/h4-8,12H,1-3H3. The van der Waals surface area contributed by atoms with Crippen molar-refractivity contribution in [3.63, 3.8) is 0 Å². The van der Waals surface area contributed by atoms with Crippen LogP contribution in [-0.4, -0.2) is 4.83 Å². The Morgan fingerprint density at radius 1 is 1.20 bits per heavy atom. The van der Waals surface area contributed by atoms with Crippen LogP contribution in [0.2, 0.25) is 0 Å². The van der Waals surface area contributed by atoms with Crippen LogP contribution in [-0.2, 0) is 0 Å². The molecule has 2 atom stereocenters. The third kappa shape index (κ3) is 3.28. The van der Waals surface area contributed by atoms with Crippen LogP contribution in [0.3, 0.4) is 0 Å². The van der Waals surface area contributed by atoms with Gasteiger partial charge in [-0.2, -0.15) is 0 Å². The van der Waals surface area contributed by atoms with Crippen molar-refractivity contribution in [3.05, 3.63) is 34.1 Å². The molecule has 1 rings (SSSR count). The summed E-state index contributed by atoms with van der Waals surface area (Å²) in [4.78, 5) is 0.412. The van der Waals surface area contributed by atoms with Crippen LogP contribution >= 0.6 is 31.9 Å². The van der Waals surface area contributed by atoms with E-state index in [0.29, 0.717) is 21.1 Å². The minimum absolute atomic E-state index is 0.207.